The first-order valence-electron chi connectivity index (χ1n) is 5.51. The average molecular weight is 350 g/mol. The molecule has 0 aliphatic carbocycles. The Balaban J connectivity index is 2.25. The van der Waals surface area contributed by atoms with Crippen LogP contribution < -0.4 is 0 Å². The molecule has 0 N–H and O–H groups in total. The van der Waals surface area contributed by atoms with Crippen LogP contribution in [0.4, 0.5) is 13.2 Å². The zero-order chi connectivity index (χ0) is 14.0. The summed E-state index contributed by atoms with van der Waals surface area (Å²) in [7, 11) is 0. The average Bonchev–Trinajstić information content (AvgIpc) is 2.37. The van der Waals surface area contributed by atoms with Gasteiger partial charge in [-0.1, -0.05) is 12.1 Å². The molecule has 2 aromatic rings. The van der Waals surface area contributed by atoms with Gasteiger partial charge in [0.1, 0.15) is 17.5 Å². The lowest BCUT2D eigenvalue weighted by atomic mass is 10.0. The molecule has 0 nitrogen and oxygen atoms in total. The predicted octanol–water partition coefficient (Wildman–Crippen LogP) is 5.39. The van der Waals surface area contributed by atoms with Gasteiger partial charge in [0.15, 0.2) is 0 Å². The molecule has 0 heterocycles. The molecule has 1 atom stereocenters. The van der Waals surface area contributed by atoms with Crippen molar-refractivity contribution < 1.29 is 13.2 Å². The molecule has 5 heteroatoms. The summed E-state index contributed by atoms with van der Waals surface area (Å²) in [4.78, 5) is 0. The highest BCUT2D eigenvalue weighted by atomic mass is 79.9. The van der Waals surface area contributed by atoms with E-state index in [1.54, 1.807) is 0 Å². The summed E-state index contributed by atoms with van der Waals surface area (Å²) in [5, 5.41) is -0.636. The van der Waals surface area contributed by atoms with Crippen molar-refractivity contribution in [3.8, 4) is 0 Å². The van der Waals surface area contributed by atoms with E-state index < -0.39 is 22.8 Å². The van der Waals surface area contributed by atoms with E-state index in [9.17, 15) is 13.2 Å². The predicted molar refractivity (Wildman–Crippen MR) is 72.8 cm³/mol. The van der Waals surface area contributed by atoms with E-state index in [0.717, 1.165) is 0 Å². The van der Waals surface area contributed by atoms with Gasteiger partial charge >= 0.3 is 0 Å². The molecule has 0 saturated carbocycles. The quantitative estimate of drug-likeness (QED) is 0.652. The van der Waals surface area contributed by atoms with Crippen LogP contribution >= 0.6 is 27.5 Å². The van der Waals surface area contributed by atoms with Gasteiger partial charge in [0.05, 0.1) is 9.85 Å². The summed E-state index contributed by atoms with van der Waals surface area (Å²) < 4.78 is 40.4. The number of halogens is 5. The second kappa shape index (κ2) is 5.97. The van der Waals surface area contributed by atoms with Gasteiger partial charge < -0.3 is 0 Å². The summed E-state index contributed by atoms with van der Waals surface area (Å²) in [6, 6.07) is 7.92. The van der Waals surface area contributed by atoms with Crippen LogP contribution in [-0.2, 0) is 6.42 Å². The maximum absolute atomic E-state index is 13.5. The van der Waals surface area contributed by atoms with E-state index >= 15 is 0 Å². The van der Waals surface area contributed by atoms with Crippen molar-refractivity contribution in [2.45, 2.75) is 11.8 Å². The fraction of sp³-hybridized carbons (Fsp3) is 0.143. The largest absolute Gasteiger partial charge is 0.207 e. The first kappa shape index (κ1) is 14.4. The number of hydrogen-bond acceptors (Lipinski definition) is 0. The van der Waals surface area contributed by atoms with E-state index in [2.05, 4.69) is 15.9 Å². The van der Waals surface area contributed by atoms with Crippen molar-refractivity contribution in [1.82, 2.24) is 0 Å². The van der Waals surface area contributed by atoms with Crippen molar-refractivity contribution in [1.29, 1.82) is 0 Å². The maximum atomic E-state index is 13.5. The third-order valence-corrected chi connectivity index (χ3v) is 3.76. The van der Waals surface area contributed by atoms with Crippen molar-refractivity contribution in [3.63, 3.8) is 0 Å². The molecule has 0 fully saturated rings. The molecule has 2 rings (SSSR count). The highest BCUT2D eigenvalue weighted by molar-refractivity contribution is 9.10. The number of benzene rings is 2. The van der Waals surface area contributed by atoms with E-state index in [-0.39, 0.29) is 16.5 Å². The molecule has 0 aliphatic rings. The minimum Gasteiger partial charge on any atom is -0.207 e. The Bertz CT molecular complexity index is 581. The molecular formula is C14H9BrClF3. The number of alkyl halides is 1. The molecule has 0 saturated heterocycles. The van der Waals surface area contributed by atoms with Gasteiger partial charge in [0, 0.05) is 5.56 Å². The van der Waals surface area contributed by atoms with E-state index in [0.29, 0.717) is 5.56 Å². The minimum atomic E-state index is -0.636. The summed E-state index contributed by atoms with van der Waals surface area (Å²) in [6.45, 7) is 0. The highest BCUT2D eigenvalue weighted by Gasteiger charge is 2.16. The van der Waals surface area contributed by atoms with E-state index in [4.69, 9.17) is 11.6 Å². The van der Waals surface area contributed by atoms with Gasteiger partial charge in [-0.05, 0) is 52.2 Å². The van der Waals surface area contributed by atoms with Crippen LogP contribution in [0.5, 0.6) is 0 Å². The highest BCUT2D eigenvalue weighted by Crippen LogP contribution is 2.30. The first-order valence-corrected chi connectivity index (χ1v) is 6.74. The van der Waals surface area contributed by atoms with Crippen LogP contribution in [0.25, 0.3) is 0 Å². The lowest BCUT2D eigenvalue weighted by Gasteiger charge is -2.12. The Kier molecular flexibility index (Phi) is 4.53. The monoisotopic (exact) mass is 348 g/mol. The first-order chi connectivity index (χ1) is 8.99. The normalized spacial score (nSPS) is 12.5. The Hall–Kier alpha value is -1.00. The van der Waals surface area contributed by atoms with Crippen LogP contribution in [0.1, 0.15) is 16.5 Å². The number of hydrogen-bond donors (Lipinski definition) is 0. The van der Waals surface area contributed by atoms with Crippen molar-refractivity contribution >= 4 is 27.5 Å². The van der Waals surface area contributed by atoms with Crippen LogP contribution in [0.15, 0.2) is 40.9 Å². The topological polar surface area (TPSA) is 0 Å². The Labute approximate surface area is 122 Å². The van der Waals surface area contributed by atoms with Crippen LogP contribution in [0.3, 0.4) is 0 Å². The van der Waals surface area contributed by atoms with Crippen LogP contribution in [-0.4, -0.2) is 0 Å². The van der Waals surface area contributed by atoms with Gasteiger partial charge in [-0.15, -0.1) is 11.6 Å². The van der Waals surface area contributed by atoms with Crippen LogP contribution in [0, 0.1) is 17.5 Å². The molecule has 0 amide bonds. The molecule has 19 heavy (non-hydrogen) atoms. The van der Waals surface area contributed by atoms with Gasteiger partial charge in [0.2, 0.25) is 0 Å². The second-order valence-corrected chi connectivity index (χ2v) is 5.43. The smallest absolute Gasteiger partial charge is 0.137 e. The van der Waals surface area contributed by atoms with E-state index in [1.807, 2.05) is 0 Å². The fourth-order valence-corrected chi connectivity index (χ4v) is 2.42. The van der Waals surface area contributed by atoms with Crippen molar-refractivity contribution in [2.24, 2.45) is 0 Å². The molecule has 0 aliphatic heterocycles. The Morgan fingerprint density at radius 3 is 2.21 bits per heavy atom. The zero-order valence-electron chi connectivity index (χ0n) is 9.64. The molecule has 0 spiro atoms. The second-order valence-electron chi connectivity index (χ2n) is 4.05. The van der Waals surface area contributed by atoms with Crippen molar-refractivity contribution in [2.75, 3.05) is 0 Å². The molecule has 1 unspecified atom stereocenters. The Morgan fingerprint density at radius 2 is 1.63 bits per heavy atom. The molecule has 0 radical (unpaired) electrons. The van der Waals surface area contributed by atoms with E-state index in [1.165, 1.54) is 36.4 Å². The summed E-state index contributed by atoms with van der Waals surface area (Å²) in [5.74, 6) is -1.68. The lowest BCUT2D eigenvalue weighted by molar-refractivity contribution is 0.552. The fourth-order valence-electron chi connectivity index (χ4n) is 1.73. The van der Waals surface area contributed by atoms with Gasteiger partial charge in [-0.3, -0.25) is 0 Å². The van der Waals surface area contributed by atoms with Gasteiger partial charge in [0.25, 0.3) is 0 Å². The third-order valence-electron chi connectivity index (χ3n) is 2.75. The summed E-state index contributed by atoms with van der Waals surface area (Å²) in [6.07, 6.45) is -0.00185. The lowest BCUT2D eigenvalue weighted by Crippen LogP contribution is -2.02. The minimum absolute atomic E-state index is 0.00185. The third kappa shape index (κ3) is 3.31. The summed E-state index contributed by atoms with van der Waals surface area (Å²) >= 11 is 9.18. The van der Waals surface area contributed by atoms with Gasteiger partial charge in [-0.2, -0.15) is 0 Å². The van der Waals surface area contributed by atoms with Crippen molar-refractivity contribution in [3.05, 3.63) is 69.4 Å². The molecule has 2 aromatic carbocycles. The molecule has 0 aromatic heterocycles. The molecule has 100 valence electrons. The Morgan fingerprint density at radius 1 is 1.00 bits per heavy atom. The zero-order valence-corrected chi connectivity index (χ0v) is 12.0. The maximum Gasteiger partial charge on any atom is 0.137 e. The van der Waals surface area contributed by atoms with Crippen LogP contribution in [0.2, 0.25) is 0 Å². The molecule has 0 bridgehead atoms. The molecular weight excluding hydrogens is 341 g/mol. The summed E-state index contributed by atoms with van der Waals surface area (Å²) in [5.41, 5.74) is 0.528. The SMILES string of the molecule is Fc1ccc(C(Cl)Cc2c(F)cccc2F)cc1Br. The number of rotatable bonds is 3. The standard InChI is InChI=1S/C14H9BrClF3/c15-10-6-8(4-5-14(10)19)11(16)7-9-12(17)2-1-3-13(9)18/h1-6,11H,7H2. The van der Waals surface area contributed by atoms with Gasteiger partial charge in [-0.25, -0.2) is 13.2 Å².